The Morgan fingerprint density at radius 2 is 1.90 bits per heavy atom. The van der Waals surface area contributed by atoms with Gasteiger partial charge in [-0.1, -0.05) is 36.9 Å². The van der Waals surface area contributed by atoms with E-state index < -0.39 is 17.0 Å². The van der Waals surface area contributed by atoms with Crippen molar-refractivity contribution in [3.05, 3.63) is 73.7 Å². The largest absolute Gasteiger partial charge is 0.384 e. The highest BCUT2D eigenvalue weighted by Gasteiger charge is 2.22. The number of carbonyl (C=O) groups is 1. The zero-order valence-corrected chi connectivity index (χ0v) is 18.1. The molecule has 0 fully saturated rings. The minimum atomic E-state index is -0.740. The maximum atomic E-state index is 12.9. The number of aromatic nitrogens is 4. The Labute approximate surface area is 181 Å². The minimum Gasteiger partial charge on any atom is -0.384 e. The van der Waals surface area contributed by atoms with Crippen molar-refractivity contribution in [3.8, 4) is 0 Å². The van der Waals surface area contributed by atoms with Gasteiger partial charge in [0, 0.05) is 20.1 Å². The van der Waals surface area contributed by atoms with Crippen LogP contribution in [0.1, 0.15) is 23.7 Å². The molecule has 1 aromatic carbocycles. The molecule has 0 atom stereocenters. The van der Waals surface area contributed by atoms with E-state index in [1.54, 1.807) is 30.3 Å². The van der Waals surface area contributed by atoms with Crippen molar-refractivity contribution in [2.45, 2.75) is 31.6 Å². The lowest BCUT2D eigenvalue weighted by Crippen LogP contribution is -2.42. The number of rotatable bonds is 8. The second-order valence-electron chi connectivity index (χ2n) is 6.89. The minimum absolute atomic E-state index is 0.143. The second kappa shape index (κ2) is 9.17. The van der Waals surface area contributed by atoms with Crippen LogP contribution in [0.15, 0.2) is 56.5 Å². The molecule has 0 spiro atoms. The summed E-state index contributed by atoms with van der Waals surface area (Å²) in [5.74, 6) is -0.859. The number of benzene rings is 1. The normalized spacial score (nSPS) is 11.0. The smallest absolute Gasteiger partial charge is 0.332 e. The number of anilines is 1. The van der Waals surface area contributed by atoms with Gasteiger partial charge in [0.1, 0.15) is 11.4 Å². The quantitative estimate of drug-likeness (QED) is 0.243. The highest BCUT2D eigenvalue weighted by molar-refractivity contribution is 7.99. The van der Waals surface area contributed by atoms with Crippen LogP contribution in [0.5, 0.6) is 0 Å². The van der Waals surface area contributed by atoms with Gasteiger partial charge in [-0.2, -0.15) is 0 Å². The Balaban J connectivity index is 2.02. The molecule has 0 aliphatic heterocycles. The van der Waals surface area contributed by atoms with Gasteiger partial charge in [0.05, 0.1) is 16.7 Å². The van der Waals surface area contributed by atoms with Crippen LogP contribution in [0.3, 0.4) is 0 Å². The Kier molecular flexibility index (Phi) is 6.59. The summed E-state index contributed by atoms with van der Waals surface area (Å²) in [7, 11) is 1.31. The molecule has 0 saturated carbocycles. The van der Waals surface area contributed by atoms with Crippen LogP contribution in [0.25, 0.3) is 10.9 Å². The number of allylic oxidation sites excluding steroid dienone is 1. The number of hydrogen-bond donors (Lipinski definition) is 1. The molecule has 162 valence electrons. The monoisotopic (exact) mass is 441 g/mol. The summed E-state index contributed by atoms with van der Waals surface area (Å²) >= 11 is 1.03. The third kappa shape index (κ3) is 4.11. The molecule has 2 aromatic heterocycles. The van der Waals surface area contributed by atoms with Gasteiger partial charge in [0.15, 0.2) is 10.9 Å². The topological polar surface area (TPSA) is 122 Å². The van der Waals surface area contributed by atoms with E-state index >= 15 is 0 Å². The fraction of sp³-hybridized carbons (Fsp3) is 0.286. The molecular formula is C21H23N5O4S. The van der Waals surface area contributed by atoms with Crippen LogP contribution in [0, 0.1) is 0 Å². The number of nitrogens with two attached hydrogens (primary N) is 1. The van der Waals surface area contributed by atoms with E-state index in [1.165, 1.54) is 16.2 Å². The molecule has 0 aliphatic rings. The predicted octanol–water partition coefficient (Wildman–Crippen LogP) is 1.41. The molecule has 10 heteroatoms. The molecule has 0 radical (unpaired) electrons. The van der Waals surface area contributed by atoms with Crippen LogP contribution >= 0.6 is 11.8 Å². The van der Waals surface area contributed by atoms with E-state index in [4.69, 9.17) is 5.73 Å². The Bertz CT molecular complexity index is 1350. The van der Waals surface area contributed by atoms with Crippen LogP contribution < -0.4 is 22.5 Å². The molecule has 0 amide bonds. The van der Waals surface area contributed by atoms with E-state index in [2.05, 4.69) is 11.6 Å². The predicted molar refractivity (Wildman–Crippen MR) is 122 cm³/mol. The number of nitrogens with zero attached hydrogens (tertiary/aromatic N) is 4. The molecular weight excluding hydrogens is 418 g/mol. The first-order valence-electron chi connectivity index (χ1n) is 9.67. The molecule has 3 aromatic rings. The van der Waals surface area contributed by atoms with E-state index in [0.717, 1.165) is 16.3 Å². The van der Waals surface area contributed by atoms with E-state index in [1.807, 2.05) is 6.92 Å². The molecule has 3 rings (SSSR count). The third-order valence-electron chi connectivity index (χ3n) is 4.78. The molecule has 0 unspecified atom stereocenters. The first kappa shape index (κ1) is 22.3. The van der Waals surface area contributed by atoms with Crippen LogP contribution in [0.2, 0.25) is 0 Å². The number of nitrogen functional groups attached to an aromatic ring is 1. The van der Waals surface area contributed by atoms with Crippen molar-refractivity contribution in [1.82, 2.24) is 18.7 Å². The van der Waals surface area contributed by atoms with E-state index in [9.17, 15) is 19.2 Å². The number of carbonyl (C=O) groups excluding carboxylic acids is 1. The maximum Gasteiger partial charge on any atom is 0.332 e. The van der Waals surface area contributed by atoms with Gasteiger partial charge in [-0.05, 0) is 18.6 Å². The summed E-state index contributed by atoms with van der Waals surface area (Å²) in [6.07, 6.45) is 2.18. The summed E-state index contributed by atoms with van der Waals surface area (Å²) in [5, 5.41) is 0.791. The van der Waals surface area contributed by atoms with Gasteiger partial charge in [0.2, 0.25) is 0 Å². The van der Waals surface area contributed by atoms with Crippen molar-refractivity contribution in [3.63, 3.8) is 0 Å². The van der Waals surface area contributed by atoms with Crippen molar-refractivity contribution in [2.75, 3.05) is 11.5 Å². The van der Waals surface area contributed by atoms with Gasteiger partial charge >= 0.3 is 5.69 Å². The van der Waals surface area contributed by atoms with E-state index in [0.29, 0.717) is 22.5 Å². The fourth-order valence-corrected chi connectivity index (χ4v) is 4.12. The highest BCUT2D eigenvalue weighted by Crippen LogP contribution is 2.20. The summed E-state index contributed by atoms with van der Waals surface area (Å²) in [5.41, 5.74) is 4.75. The third-order valence-corrected chi connectivity index (χ3v) is 5.76. The Morgan fingerprint density at radius 3 is 2.58 bits per heavy atom. The highest BCUT2D eigenvalue weighted by atomic mass is 32.2. The molecule has 31 heavy (non-hydrogen) atoms. The number of para-hydroxylation sites is 1. The van der Waals surface area contributed by atoms with Crippen LogP contribution in [-0.4, -0.2) is 30.2 Å². The zero-order valence-electron chi connectivity index (χ0n) is 17.3. The van der Waals surface area contributed by atoms with Crippen molar-refractivity contribution < 1.29 is 4.79 Å². The van der Waals surface area contributed by atoms with Gasteiger partial charge in [-0.3, -0.25) is 28.1 Å². The molecule has 2 N–H and O–H groups in total. The first-order chi connectivity index (χ1) is 14.8. The zero-order chi connectivity index (χ0) is 22.7. The standard InChI is InChI=1S/C21H23N5O4S/c1-4-10-25-17(22)16(19(29)24(3)21(25)30)15(27)12-31-20-23-14-9-7-6-8-13(14)18(28)26(20)11-5-2/h5-9H,2,4,10-12,22H2,1,3H3. The van der Waals surface area contributed by atoms with Gasteiger partial charge in [0.25, 0.3) is 11.1 Å². The lowest BCUT2D eigenvalue weighted by molar-refractivity contribution is 0.102. The number of Topliss-reactive ketones (excluding diaryl/α,β-unsaturated/α-hetero) is 1. The van der Waals surface area contributed by atoms with Gasteiger partial charge < -0.3 is 5.73 Å². The average Bonchev–Trinajstić information content (AvgIpc) is 2.76. The Hall–Kier alpha value is -3.40. The van der Waals surface area contributed by atoms with Gasteiger partial charge in [-0.25, -0.2) is 9.78 Å². The SMILES string of the molecule is C=CCn1c(SCC(=O)c2c(N)n(CCC)c(=O)n(C)c2=O)nc2ccccc2c1=O. The van der Waals surface area contributed by atoms with Gasteiger partial charge in [-0.15, -0.1) is 6.58 Å². The number of thioether (sulfide) groups is 1. The van der Waals surface area contributed by atoms with Crippen molar-refractivity contribution in [2.24, 2.45) is 7.05 Å². The summed E-state index contributed by atoms with van der Waals surface area (Å²) < 4.78 is 3.53. The second-order valence-corrected chi connectivity index (χ2v) is 7.83. The first-order valence-corrected chi connectivity index (χ1v) is 10.7. The fourth-order valence-electron chi connectivity index (χ4n) is 3.24. The Morgan fingerprint density at radius 1 is 1.19 bits per heavy atom. The number of hydrogen-bond acceptors (Lipinski definition) is 7. The summed E-state index contributed by atoms with van der Waals surface area (Å²) in [6.45, 7) is 6.04. The lowest BCUT2D eigenvalue weighted by Gasteiger charge is -2.14. The van der Waals surface area contributed by atoms with Crippen LogP contribution in [-0.2, 0) is 20.1 Å². The molecule has 2 heterocycles. The average molecular weight is 442 g/mol. The number of fused-ring (bicyclic) bond motifs is 1. The lowest BCUT2D eigenvalue weighted by atomic mass is 10.2. The van der Waals surface area contributed by atoms with Crippen molar-refractivity contribution in [1.29, 1.82) is 0 Å². The molecule has 9 nitrogen and oxygen atoms in total. The molecule has 0 saturated heterocycles. The summed E-state index contributed by atoms with van der Waals surface area (Å²) in [6, 6.07) is 6.93. The maximum absolute atomic E-state index is 12.9. The van der Waals surface area contributed by atoms with E-state index in [-0.39, 0.29) is 35.8 Å². The number of ketones is 1. The van der Waals surface area contributed by atoms with Crippen molar-refractivity contribution >= 4 is 34.3 Å². The molecule has 0 bridgehead atoms. The summed E-state index contributed by atoms with van der Waals surface area (Å²) in [4.78, 5) is 55.1. The molecule has 0 aliphatic carbocycles. The van der Waals surface area contributed by atoms with Crippen LogP contribution in [0.4, 0.5) is 5.82 Å².